The number of pyridine rings is 2. The molecule has 162 valence electrons. The number of aromatic nitrogens is 2. The van der Waals surface area contributed by atoms with Crippen molar-refractivity contribution in [3.8, 4) is 5.69 Å². The summed E-state index contributed by atoms with van der Waals surface area (Å²) in [6.45, 7) is 1.86. The number of nitrogens with zero attached hydrogens (tertiary/aromatic N) is 2. The molecule has 0 amide bonds. The molecule has 2 heterocycles. The molecule has 2 N–H and O–H groups in total. The number of nitrogens with one attached hydrogen (secondary N) is 1. The van der Waals surface area contributed by atoms with Crippen molar-refractivity contribution in [1.29, 1.82) is 0 Å². The van der Waals surface area contributed by atoms with Gasteiger partial charge >= 0.3 is 0 Å². The second-order valence-electron chi connectivity index (χ2n) is 7.90. The molecular weight excluding hydrogens is 410 g/mol. The second kappa shape index (κ2) is 8.73. The van der Waals surface area contributed by atoms with Gasteiger partial charge in [0.25, 0.3) is 0 Å². The Morgan fingerprint density at radius 1 is 0.848 bits per heavy atom. The maximum absolute atomic E-state index is 13.2. The van der Waals surface area contributed by atoms with Crippen LogP contribution in [0.3, 0.4) is 0 Å². The molecule has 33 heavy (non-hydrogen) atoms. The Hall–Kier alpha value is -4.22. The molecule has 0 bridgehead atoms. The van der Waals surface area contributed by atoms with Gasteiger partial charge in [-0.25, -0.2) is 4.98 Å². The number of aryl methyl sites for hydroxylation is 1. The van der Waals surface area contributed by atoms with E-state index in [0.29, 0.717) is 28.1 Å². The lowest BCUT2D eigenvalue weighted by atomic mass is 9.99. The van der Waals surface area contributed by atoms with E-state index in [-0.39, 0.29) is 5.43 Å². The maximum atomic E-state index is 13.2. The third kappa shape index (κ3) is 4.02. The van der Waals surface area contributed by atoms with E-state index in [1.54, 1.807) is 12.1 Å². The highest BCUT2D eigenvalue weighted by atomic mass is 16.3. The highest BCUT2D eigenvalue weighted by Gasteiger charge is 2.19. The van der Waals surface area contributed by atoms with Crippen LogP contribution in [0, 0.1) is 6.92 Å². The summed E-state index contributed by atoms with van der Waals surface area (Å²) in [5, 5.41) is 14.8. The molecule has 2 aromatic heterocycles. The van der Waals surface area contributed by atoms with Crippen molar-refractivity contribution in [3.63, 3.8) is 0 Å². The van der Waals surface area contributed by atoms with E-state index in [1.165, 1.54) is 0 Å². The second-order valence-corrected chi connectivity index (χ2v) is 7.90. The minimum atomic E-state index is -0.866. The lowest BCUT2D eigenvalue weighted by Gasteiger charge is -2.20. The molecule has 5 nitrogen and oxygen atoms in total. The first-order valence-electron chi connectivity index (χ1n) is 10.8. The van der Waals surface area contributed by atoms with Crippen molar-refractivity contribution in [1.82, 2.24) is 9.55 Å². The molecule has 0 radical (unpaired) electrons. The number of fused-ring (bicyclic) bond motifs is 1. The number of aliphatic hydroxyl groups excluding tert-OH is 1. The number of rotatable bonds is 5. The summed E-state index contributed by atoms with van der Waals surface area (Å²) >= 11 is 0. The molecule has 5 rings (SSSR count). The fourth-order valence-electron chi connectivity index (χ4n) is 4.03. The van der Waals surface area contributed by atoms with Crippen molar-refractivity contribution < 1.29 is 5.11 Å². The van der Waals surface area contributed by atoms with E-state index in [4.69, 9.17) is 4.98 Å². The Labute approximate surface area is 191 Å². The average Bonchev–Trinajstić information content (AvgIpc) is 2.85. The van der Waals surface area contributed by atoms with Crippen molar-refractivity contribution in [2.45, 2.75) is 13.0 Å². The molecule has 0 aliphatic carbocycles. The lowest BCUT2D eigenvalue weighted by Crippen LogP contribution is -2.15. The minimum Gasteiger partial charge on any atom is -0.384 e. The molecular formula is C28H23N3O2. The number of para-hydroxylation sites is 2. The topological polar surface area (TPSA) is 67.2 Å². The fourth-order valence-corrected chi connectivity index (χ4v) is 4.03. The predicted molar refractivity (Wildman–Crippen MR) is 132 cm³/mol. The van der Waals surface area contributed by atoms with E-state index in [1.807, 2.05) is 102 Å². The summed E-state index contributed by atoms with van der Waals surface area (Å²) in [4.78, 5) is 18.0. The molecule has 0 fully saturated rings. The Morgan fingerprint density at radius 2 is 1.45 bits per heavy atom. The van der Waals surface area contributed by atoms with E-state index in [9.17, 15) is 9.90 Å². The molecule has 0 aliphatic rings. The van der Waals surface area contributed by atoms with E-state index >= 15 is 0 Å². The normalized spacial score (nSPS) is 11.9. The van der Waals surface area contributed by atoms with E-state index < -0.39 is 6.10 Å². The number of anilines is 2. The molecule has 0 aliphatic heterocycles. The van der Waals surface area contributed by atoms with Gasteiger partial charge in [-0.1, -0.05) is 66.7 Å². The quantitative estimate of drug-likeness (QED) is 0.383. The summed E-state index contributed by atoms with van der Waals surface area (Å²) < 4.78 is 1.94. The monoisotopic (exact) mass is 433 g/mol. The first-order chi connectivity index (χ1) is 16.1. The molecule has 5 aromatic rings. The van der Waals surface area contributed by atoms with Gasteiger partial charge in [0.15, 0.2) is 5.43 Å². The lowest BCUT2D eigenvalue weighted by molar-refractivity contribution is 0.219. The van der Waals surface area contributed by atoms with Gasteiger partial charge in [-0.2, -0.15) is 0 Å². The van der Waals surface area contributed by atoms with Crippen LogP contribution in [0.2, 0.25) is 0 Å². The Kier molecular flexibility index (Phi) is 5.47. The molecule has 5 heteroatoms. The zero-order valence-corrected chi connectivity index (χ0v) is 18.1. The van der Waals surface area contributed by atoms with Gasteiger partial charge in [0.1, 0.15) is 17.6 Å². The summed E-state index contributed by atoms with van der Waals surface area (Å²) in [5.41, 5.74) is 4.16. The minimum absolute atomic E-state index is 0.162. The smallest absolute Gasteiger partial charge is 0.193 e. The SMILES string of the molecule is Cc1nc2c(cc1C(O)c1ccccc1)c(=O)cc(Nc1ccccc1)n2-c1ccccc1. The maximum Gasteiger partial charge on any atom is 0.193 e. The number of hydrogen-bond donors (Lipinski definition) is 2. The molecule has 3 aromatic carbocycles. The van der Waals surface area contributed by atoms with Gasteiger partial charge in [-0.05, 0) is 42.8 Å². The average molecular weight is 434 g/mol. The molecule has 0 saturated carbocycles. The van der Waals surface area contributed by atoms with Crippen molar-refractivity contribution in [2.75, 3.05) is 5.32 Å². The standard InChI is InChI=1S/C28H23N3O2/c1-19-23(27(33)20-11-5-2-6-12-20)17-24-25(32)18-26(30-21-13-7-3-8-14-21)31(28(24)29-19)22-15-9-4-10-16-22/h2-18,27,30,33H,1H3. The number of aliphatic hydroxyl groups is 1. The van der Waals surface area contributed by atoms with Crippen LogP contribution in [0.15, 0.2) is 108 Å². The van der Waals surface area contributed by atoms with Gasteiger partial charge < -0.3 is 10.4 Å². The van der Waals surface area contributed by atoms with Crippen LogP contribution in [-0.4, -0.2) is 14.7 Å². The first kappa shape index (κ1) is 20.7. The number of hydrogen-bond acceptors (Lipinski definition) is 4. The Bertz CT molecular complexity index is 1460. The van der Waals surface area contributed by atoms with Crippen LogP contribution >= 0.6 is 0 Å². The predicted octanol–water partition coefficient (Wildman–Crippen LogP) is 5.52. The van der Waals surface area contributed by atoms with Gasteiger partial charge in [0, 0.05) is 28.7 Å². The van der Waals surface area contributed by atoms with E-state index in [2.05, 4.69) is 5.32 Å². The summed E-state index contributed by atoms with van der Waals surface area (Å²) in [6.07, 6.45) is -0.866. The van der Waals surface area contributed by atoms with Gasteiger partial charge in [0.05, 0.1) is 5.39 Å². The zero-order chi connectivity index (χ0) is 22.8. The van der Waals surface area contributed by atoms with Crippen molar-refractivity contribution >= 4 is 22.5 Å². The largest absolute Gasteiger partial charge is 0.384 e. The van der Waals surface area contributed by atoms with E-state index in [0.717, 1.165) is 16.9 Å². The molecule has 0 spiro atoms. The number of benzene rings is 3. The zero-order valence-electron chi connectivity index (χ0n) is 18.1. The van der Waals surface area contributed by atoms with Crippen LogP contribution < -0.4 is 10.7 Å². The first-order valence-corrected chi connectivity index (χ1v) is 10.8. The fraction of sp³-hybridized carbons (Fsp3) is 0.0714. The van der Waals surface area contributed by atoms with Crippen LogP contribution in [0.5, 0.6) is 0 Å². The Balaban J connectivity index is 1.74. The van der Waals surface area contributed by atoms with Gasteiger partial charge in [-0.3, -0.25) is 9.36 Å². The molecule has 1 unspecified atom stereocenters. The molecule has 1 atom stereocenters. The Morgan fingerprint density at radius 3 is 2.12 bits per heavy atom. The highest BCUT2D eigenvalue weighted by Crippen LogP contribution is 2.29. The van der Waals surface area contributed by atoms with Gasteiger partial charge in [0.2, 0.25) is 0 Å². The highest BCUT2D eigenvalue weighted by molar-refractivity contribution is 5.82. The van der Waals surface area contributed by atoms with Crippen molar-refractivity contribution in [3.05, 3.63) is 130 Å². The van der Waals surface area contributed by atoms with Crippen LogP contribution in [0.25, 0.3) is 16.7 Å². The third-order valence-corrected chi connectivity index (χ3v) is 5.69. The van der Waals surface area contributed by atoms with Crippen LogP contribution in [-0.2, 0) is 0 Å². The summed E-state index contributed by atoms with van der Waals surface area (Å²) in [7, 11) is 0. The summed E-state index contributed by atoms with van der Waals surface area (Å²) in [5.74, 6) is 0.619. The van der Waals surface area contributed by atoms with Crippen LogP contribution in [0.1, 0.15) is 22.9 Å². The third-order valence-electron chi connectivity index (χ3n) is 5.69. The van der Waals surface area contributed by atoms with Crippen molar-refractivity contribution in [2.24, 2.45) is 0 Å². The molecule has 0 saturated heterocycles. The van der Waals surface area contributed by atoms with Gasteiger partial charge in [-0.15, -0.1) is 0 Å². The summed E-state index contributed by atoms with van der Waals surface area (Å²) in [6, 6.07) is 32.3. The van der Waals surface area contributed by atoms with Crippen LogP contribution in [0.4, 0.5) is 11.5 Å².